The summed E-state index contributed by atoms with van der Waals surface area (Å²) in [7, 11) is 1.51. The molecule has 2 amide bonds. The van der Waals surface area contributed by atoms with E-state index in [1.807, 2.05) is 0 Å². The van der Waals surface area contributed by atoms with E-state index in [0.29, 0.717) is 34.1 Å². The minimum absolute atomic E-state index is 0.367. The van der Waals surface area contributed by atoms with Crippen LogP contribution in [0, 0.1) is 6.92 Å². The number of methoxy groups -OCH3 is 1. The summed E-state index contributed by atoms with van der Waals surface area (Å²) < 4.78 is 6.81. The molecule has 3 aromatic rings. The predicted molar refractivity (Wildman–Crippen MR) is 88.0 cm³/mol. The Morgan fingerprint density at radius 3 is 2.16 bits per heavy atom. The molecule has 2 aromatic carbocycles. The summed E-state index contributed by atoms with van der Waals surface area (Å²) in [5, 5.41) is 11.4. The molecule has 8 nitrogen and oxygen atoms in total. The number of aryl methyl sites for hydroxylation is 1. The topological polar surface area (TPSA) is 90.2 Å². The first-order valence-corrected chi connectivity index (χ1v) is 7.52. The Morgan fingerprint density at radius 1 is 0.960 bits per heavy atom. The van der Waals surface area contributed by atoms with Gasteiger partial charge in [0.25, 0.3) is 11.8 Å². The van der Waals surface area contributed by atoms with Crippen LogP contribution in [0.15, 0.2) is 42.5 Å². The van der Waals surface area contributed by atoms with Crippen LogP contribution in [0.4, 0.5) is 5.69 Å². The summed E-state index contributed by atoms with van der Waals surface area (Å²) in [6.45, 7) is 1.75. The second-order valence-electron chi connectivity index (χ2n) is 5.52. The Kier molecular flexibility index (Phi) is 3.31. The van der Waals surface area contributed by atoms with Crippen molar-refractivity contribution in [3.8, 4) is 11.4 Å². The van der Waals surface area contributed by atoms with Gasteiger partial charge in [-0.1, -0.05) is 12.1 Å². The first-order chi connectivity index (χ1) is 12.1. The molecule has 0 atom stereocenters. The van der Waals surface area contributed by atoms with Crippen molar-refractivity contribution in [3.63, 3.8) is 0 Å². The first kappa shape index (κ1) is 15.0. The second-order valence-corrected chi connectivity index (χ2v) is 5.52. The normalized spacial score (nSPS) is 13.3. The number of tetrazole rings is 1. The number of hydrogen-bond acceptors (Lipinski definition) is 6. The Balaban J connectivity index is 1.85. The van der Waals surface area contributed by atoms with E-state index in [9.17, 15) is 9.59 Å². The number of anilines is 1. The molecule has 4 rings (SSSR count). The van der Waals surface area contributed by atoms with Crippen LogP contribution in [-0.2, 0) is 0 Å². The number of amides is 2. The smallest absolute Gasteiger partial charge is 0.266 e. The van der Waals surface area contributed by atoms with Gasteiger partial charge in [-0.3, -0.25) is 9.59 Å². The van der Waals surface area contributed by atoms with Gasteiger partial charge < -0.3 is 4.74 Å². The van der Waals surface area contributed by atoms with Gasteiger partial charge in [0.1, 0.15) is 5.75 Å². The summed E-state index contributed by atoms with van der Waals surface area (Å²) >= 11 is 0. The fourth-order valence-electron chi connectivity index (χ4n) is 2.83. The maximum absolute atomic E-state index is 12.7. The highest BCUT2D eigenvalue weighted by Crippen LogP contribution is 2.32. The van der Waals surface area contributed by atoms with Crippen LogP contribution >= 0.6 is 0 Å². The number of carbonyl (C=O) groups excluding carboxylic acids is 2. The van der Waals surface area contributed by atoms with Crippen molar-refractivity contribution < 1.29 is 14.3 Å². The van der Waals surface area contributed by atoms with Gasteiger partial charge in [-0.15, -0.1) is 5.10 Å². The van der Waals surface area contributed by atoms with Crippen molar-refractivity contribution >= 4 is 17.5 Å². The van der Waals surface area contributed by atoms with Crippen molar-refractivity contribution in [2.24, 2.45) is 0 Å². The van der Waals surface area contributed by atoms with Crippen molar-refractivity contribution in [1.82, 2.24) is 20.2 Å². The number of benzene rings is 2. The van der Waals surface area contributed by atoms with E-state index >= 15 is 0 Å². The molecule has 2 heterocycles. The Bertz CT molecular complexity index is 976. The molecular formula is C17H13N5O3. The number of imide groups is 1. The van der Waals surface area contributed by atoms with Gasteiger partial charge >= 0.3 is 0 Å². The van der Waals surface area contributed by atoms with Crippen LogP contribution in [0.2, 0.25) is 0 Å². The molecule has 1 aromatic heterocycles. The van der Waals surface area contributed by atoms with E-state index < -0.39 is 0 Å². The Labute approximate surface area is 142 Å². The average molecular weight is 335 g/mol. The lowest BCUT2D eigenvalue weighted by Gasteiger charge is -2.16. The minimum atomic E-state index is -0.367. The molecule has 0 saturated carbocycles. The number of rotatable bonds is 3. The van der Waals surface area contributed by atoms with E-state index in [0.717, 1.165) is 4.90 Å². The zero-order valence-corrected chi connectivity index (χ0v) is 13.5. The minimum Gasteiger partial charge on any atom is -0.497 e. The third-order valence-electron chi connectivity index (χ3n) is 4.03. The fourth-order valence-corrected chi connectivity index (χ4v) is 2.83. The summed E-state index contributed by atoms with van der Waals surface area (Å²) in [6, 6.07) is 11.8. The third kappa shape index (κ3) is 2.26. The van der Waals surface area contributed by atoms with Crippen LogP contribution in [0.3, 0.4) is 0 Å². The van der Waals surface area contributed by atoms with E-state index in [1.54, 1.807) is 49.4 Å². The molecule has 1 aliphatic heterocycles. The molecule has 0 radical (unpaired) electrons. The maximum atomic E-state index is 12.7. The van der Waals surface area contributed by atoms with Crippen LogP contribution in [-0.4, -0.2) is 39.1 Å². The standard InChI is InChI=1S/C17H13N5O3/c1-10-18-19-20-22(10)12-7-11(8-13(9-12)25-2)21-16(23)14-5-3-4-6-15(14)17(21)24/h3-9H,1-2H3. The number of hydrogen-bond donors (Lipinski definition) is 0. The number of carbonyl (C=O) groups is 2. The SMILES string of the molecule is COc1cc(N2C(=O)c3ccccc3C2=O)cc(-n2nnnc2C)c1. The van der Waals surface area contributed by atoms with Crippen LogP contribution in [0.1, 0.15) is 26.5 Å². The molecule has 1 aliphatic rings. The van der Waals surface area contributed by atoms with E-state index in [1.165, 1.54) is 11.8 Å². The van der Waals surface area contributed by atoms with Gasteiger partial charge in [-0.25, -0.2) is 4.90 Å². The quantitative estimate of drug-likeness (QED) is 0.678. The molecule has 0 bridgehead atoms. The van der Waals surface area contributed by atoms with Crippen molar-refractivity contribution in [1.29, 1.82) is 0 Å². The summed E-state index contributed by atoms with van der Waals surface area (Å²) in [4.78, 5) is 26.5. The number of fused-ring (bicyclic) bond motifs is 1. The number of aromatic nitrogens is 4. The Morgan fingerprint density at radius 2 is 1.60 bits per heavy atom. The van der Waals surface area contributed by atoms with Crippen molar-refractivity contribution in [3.05, 3.63) is 59.4 Å². The van der Waals surface area contributed by atoms with Gasteiger partial charge in [-0.05, 0) is 35.5 Å². The summed E-state index contributed by atoms with van der Waals surface area (Å²) in [5.74, 6) is 0.321. The Hall–Kier alpha value is -3.55. The lowest BCUT2D eigenvalue weighted by Crippen LogP contribution is -2.29. The molecule has 0 N–H and O–H groups in total. The molecule has 8 heteroatoms. The van der Waals surface area contributed by atoms with Crippen LogP contribution in [0.5, 0.6) is 5.75 Å². The summed E-state index contributed by atoms with van der Waals surface area (Å²) in [5.41, 5.74) is 1.76. The number of nitrogens with zero attached hydrogens (tertiary/aromatic N) is 5. The largest absolute Gasteiger partial charge is 0.497 e. The van der Waals surface area contributed by atoms with Crippen LogP contribution < -0.4 is 9.64 Å². The molecule has 25 heavy (non-hydrogen) atoms. The van der Waals surface area contributed by atoms with Crippen molar-refractivity contribution in [2.45, 2.75) is 6.92 Å². The lowest BCUT2D eigenvalue weighted by molar-refractivity contribution is 0.0926. The maximum Gasteiger partial charge on any atom is 0.266 e. The second kappa shape index (κ2) is 5.52. The van der Waals surface area contributed by atoms with Crippen molar-refractivity contribution in [2.75, 3.05) is 12.0 Å². The van der Waals surface area contributed by atoms with Gasteiger partial charge in [0, 0.05) is 12.1 Å². The molecule has 0 aliphatic carbocycles. The van der Waals surface area contributed by atoms with E-state index in [2.05, 4.69) is 15.5 Å². The lowest BCUT2D eigenvalue weighted by atomic mass is 10.1. The number of ether oxygens (including phenoxy) is 1. The molecule has 0 fully saturated rings. The zero-order chi connectivity index (χ0) is 17.6. The van der Waals surface area contributed by atoms with Gasteiger partial charge in [0.05, 0.1) is 29.6 Å². The highest BCUT2D eigenvalue weighted by atomic mass is 16.5. The third-order valence-corrected chi connectivity index (χ3v) is 4.03. The highest BCUT2D eigenvalue weighted by molar-refractivity contribution is 6.34. The monoisotopic (exact) mass is 335 g/mol. The average Bonchev–Trinajstić information content (AvgIpc) is 3.17. The fraction of sp³-hybridized carbons (Fsp3) is 0.118. The first-order valence-electron chi connectivity index (χ1n) is 7.52. The molecule has 124 valence electrons. The van der Waals surface area contributed by atoms with E-state index in [-0.39, 0.29) is 11.8 Å². The molecule has 0 spiro atoms. The molecule has 0 saturated heterocycles. The highest BCUT2D eigenvalue weighted by Gasteiger charge is 2.36. The van der Waals surface area contributed by atoms with Gasteiger partial charge in [0.15, 0.2) is 5.82 Å². The van der Waals surface area contributed by atoms with Gasteiger partial charge in [-0.2, -0.15) is 4.68 Å². The summed E-state index contributed by atoms with van der Waals surface area (Å²) in [6.07, 6.45) is 0. The van der Waals surface area contributed by atoms with Gasteiger partial charge in [0.2, 0.25) is 0 Å². The zero-order valence-electron chi connectivity index (χ0n) is 13.5. The predicted octanol–water partition coefficient (Wildman–Crippen LogP) is 1.78. The van der Waals surface area contributed by atoms with Crippen LogP contribution in [0.25, 0.3) is 5.69 Å². The van der Waals surface area contributed by atoms with E-state index in [4.69, 9.17) is 4.74 Å². The molecule has 0 unspecified atom stereocenters. The molecular weight excluding hydrogens is 322 g/mol.